The number of hydrogen-bond donors (Lipinski definition) is 0. The van der Waals surface area contributed by atoms with Crippen molar-refractivity contribution in [3.63, 3.8) is 0 Å². The third-order valence-corrected chi connectivity index (χ3v) is 2.97. The molecule has 5 heteroatoms. The average Bonchev–Trinajstić information content (AvgIpc) is 2.46. The van der Waals surface area contributed by atoms with E-state index >= 15 is 0 Å². The van der Waals surface area contributed by atoms with Gasteiger partial charge in [0.15, 0.2) is 5.65 Å². The highest BCUT2D eigenvalue weighted by Gasteiger charge is 2.31. The average molecular weight is 274 g/mol. The SMILES string of the molecule is FC(F)(F)c1cnc2ncc(-c3ccccc3)cc2c1. The van der Waals surface area contributed by atoms with Crippen molar-refractivity contribution < 1.29 is 13.2 Å². The molecule has 0 fully saturated rings. The summed E-state index contributed by atoms with van der Waals surface area (Å²) in [5.74, 6) is 0. The molecular weight excluding hydrogens is 265 g/mol. The molecule has 0 aliphatic rings. The molecule has 0 aliphatic carbocycles. The molecule has 0 bridgehead atoms. The third kappa shape index (κ3) is 2.34. The van der Waals surface area contributed by atoms with Gasteiger partial charge in [-0.15, -0.1) is 0 Å². The molecule has 0 radical (unpaired) electrons. The van der Waals surface area contributed by atoms with Crippen LogP contribution >= 0.6 is 0 Å². The number of fused-ring (bicyclic) bond motifs is 1. The van der Waals surface area contributed by atoms with Crippen LogP contribution in [-0.2, 0) is 6.18 Å². The maximum absolute atomic E-state index is 12.7. The number of hydrogen-bond acceptors (Lipinski definition) is 2. The van der Waals surface area contributed by atoms with E-state index in [0.717, 1.165) is 23.4 Å². The van der Waals surface area contributed by atoms with Crippen molar-refractivity contribution in [1.82, 2.24) is 9.97 Å². The van der Waals surface area contributed by atoms with Crippen molar-refractivity contribution in [2.75, 3.05) is 0 Å². The molecule has 3 aromatic rings. The van der Waals surface area contributed by atoms with E-state index in [1.54, 1.807) is 12.3 Å². The number of halogens is 3. The Morgan fingerprint density at radius 3 is 2.20 bits per heavy atom. The number of alkyl halides is 3. The summed E-state index contributed by atoms with van der Waals surface area (Å²) in [7, 11) is 0. The molecule has 2 aromatic heterocycles. The lowest BCUT2D eigenvalue weighted by Crippen LogP contribution is -2.05. The number of benzene rings is 1. The van der Waals surface area contributed by atoms with E-state index < -0.39 is 11.7 Å². The second-order valence-electron chi connectivity index (χ2n) is 4.36. The maximum atomic E-state index is 12.7. The van der Waals surface area contributed by atoms with E-state index in [4.69, 9.17) is 0 Å². The highest BCUT2D eigenvalue weighted by atomic mass is 19.4. The Morgan fingerprint density at radius 1 is 0.800 bits per heavy atom. The van der Waals surface area contributed by atoms with E-state index in [-0.39, 0.29) is 0 Å². The summed E-state index contributed by atoms with van der Waals surface area (Å²) < 4.78 is 38.0. The van der Waals surface area contributed by atoms with Gasteiger partial charge in [0.25, 0.3) is 0 Å². The molecule has 0 saturated carbocycles. The van der Waals surface area contributed by atoms with Gasteiger partial charge in [-0.3, -0.25) is 0 Å². The van der Waals surface area contributed by atoms with Gasteiger partial charge in [-0.05, 0) is 17.7 Å². The van der Waals surface area contributed by atoms with Crippen LogP contribution in [0.25, 0.3) is 22.2 Å². The minimum atomic E-state index is -4.40. The smallest absolute Gasteiger partial charge is 0.236 e. The Kier molecular flexibility index (Phi) is 2.89. The number of nitrogens with zero attached hydrogens (tertiary/aromatic N) is 2. The van der Waals surface area contributed by atoms with Crippen LogP contribution in [0.2, 0.25) is 0 Å². The second-order valence-corrected chi connectivity index (χ2v) is 4.36. The van der Waals surface area contributed by atoms with Gasteiger partial charge in [0, 0.05) is 23.3 Å². The van der Waals surface area contributed by atoms with Gasteiger partial charge in [-0.1, -0.05) is 30.3 Å². The zero-order valence-electron chi connectivity index (χ0n) is 10.2. The predicted octanol–water partition coefficient (Wildman–Crippen LogP) is 4.32. The summed E-state index contributed by atoms with van der Waals surface area (Å²) in [6, 6.07) is 12.1. The normalized spacial score (nSPS) is 11.8. The largest absolute Gasteiger partial charge is 0.417 e. The van der Waals surface area contributed by atoms with E-state index in [9.17, 15) is 13.2 Å². The molecule has 2 nitrogen and oxygen atoms in total. The van der Waals surface area contributed by atoms with Gasteiger partial charge in [-0.25, -0.2) is 9.97 Å². The van der Waals surface area contributed by atoms with Crippen LogP contribution in [0.1, 0.15) is 5.56 Å². The van der Waals surface area contributed by atoms with Gasteiger partial charge in [-0.2, -0.15) is 13.2 Å². The standard InChI is InChI=1S/C15H9F3N2/c16-15(17,18)13-7-11-6-12(8-19-14(11)20-9-13)10-4-2-1-3-5-10/h1-9H. The van der Waals surface area contributed by atoms with E-state index in [0.29, 0.717) is 11.0 Å². The quantitative estimate of drug-likeness (QED) is 0.660. The lowest BCUT2D eigenvalue weighted by atomic mass is 10.1. The monoisotopic (exact) mass is 274 g/mol. The Morgan fingerprint density at radius 2 is 1.50 bits per heavy atom. The lowest BCUT2D eigenvalue weighted by molar-refractivity contribution is -0.137. The Hall–Kier alpha value is -2.43. The summed E-state index contributed by atoms with van der Waals surface area (Å²) in [6.45, 7) is 0. The first-order valence-electron chi connectivity index (χ1n) is 5.92. The van der Waals surface area contributed by atoms with Crippen LogP contribution in [-0.4, -0.2) is 9.97 Å². The van der Waals surface area contributed by atoms with Crippen molar-refractivity contribution in [2.24, 2.45) is 0 Å². The first-order valence-corrected chi connectivity index (χ1v) is 5.92. The molecule has 0 saturated heterocycles. The molecule has 3 rings (SSSR count). The predicted molar refractivity (Wildman–Crippen MR) is 70.0 cm³/mol. The summed E-state index contributed by atoms with van der Waals surface area (Å²) in [5.41, 5.74) is 1.20. The van der Waals surface area contributed by atoms with Crippen LogP contribution < -0.4 is 0 Å². The third-order valence-electron chi connectivity index (χ3n) is 2.97. The second kappa shape index (κ2) is 4.59. The molecule has 2 heterocycles. The van der Waals surface area contributed by atoms with E-state index in [1.165, 1.54) is 0 Å². The van der Waals surface area contributed by atoms with Crippen LogP contribution in [0.4, 0.5) is 13.2 Å². The molecule has 100 valence electrons. The highest BCUT2D eigenvalue weighted by Crippen LogP contribution is 2.31. The molecule has 0 N–H and O–H groups in total. The fraction of sp³-hybridized carbons (Fsp3) is 0.0667. The highest BCUT2D eigenvalue weighted by molar-refractivity contribution is 5.81. The lowest BCUT2D eigenvalue weighted by Gasteiger charge is -2.07. The first kappa shape index (κ1) is 12.6. The molecular formula is C15H9F3N2. The van der Waals surface area contributed by atoms with Crippen LogP contribution in [0, 0.1) is 0 Å². The zero-order valence-corrected chi connectivity index (χ0v) is 10.2. The van der Waals surface area contributed by atoms with Crippen molar-refractivity contribution in [3.8, 4) is 11.1 Å². The first-order chi connectivity index (χ1) is 9.54. The molecule has 0 unspecified atom stereocenters. The van der Waals surface area contributed by atoms with Gasteiger partial charge in [0.1, 0.15) is 0 Å². The van der Waals surface area contributed by atoms with E-state index in [2.05, 4.69) is 9.97 Å². The summed E-state index contributed by atoms with van der Waals surface area (Å²) in [5, 5.41) is 0.376. The van der Waals surface area contributed by atoms with Crippen molar-refractivity contribution in [1.29, 1.82) is 0 Å². The van der Waals surface area contributed by atoms with Crippen LogP contribution in [0.3, 0.4) is 0 Å². The van der Waals surface area contributed by atoms with Gasteiger partial charge in [0.2, 0.25) is 0 Å². The summed E-state index contributed by atoms with van der Waals surface area (Å²) >= 11 is 0. The van der Waals surface area contributed by atoms with Gasteiger partial charge < -0.3 is 0 Å². The Labute approximate surface area is 112 Å². The number of rotatable bonds is 1. The molecule has 0 amide bonds. The Balaban J connectivity index is 2.14. The molecule has 0 atom stereocenters. The van der Waals surface area contributed by atoms with Crippen molar-refractivity contribution in [2.45, 2.75) is 6.18 Å². The topological polar surface area (TPSA) is 25.8 Å². The minimum Gasteiger partial charge on any atom is -0.236 e. The molecule has 1 aromatic carbocycles. The fourth-order valence-corrected chi connectivity index (χ4v) is 1.97. The van der Waals surface area contributed by atoms with Gasteiger partial charge >= 0.3 is 6.18 Å². The molecule has 0 spiro atoms. The Bertz CT molecular complexity index is 752. The molecule has 0 aliphatic heterocycles. The van der Waals surface area contributed by atoms with E-state index in [1.807, 2.05) is 30.3 Å². The molecule has 20 heavy (non-hydrogen) atoms. The van der Waals surface area contributed by atoms with Crippen molar-refractivity contribution >= 4 is 11.0 Å². The maximum Gasteiger partial charge on any atom is 0.417 e. The summed E-state index contributed by atoms with van der Waals surface area (Å²) in [4.78, 5) is 7.85. The van der Waals surface area contributed by atoms with Crippen LogP contribution in [0.5, 0.6) is 0 Å². The fourth-order valence-electron chi connectivity index (χ4n) is 1.97. The van der Waals surface area contributed by atoms with Gasteiger partial charge in [0.05, 0.1) is 5.56 Å². The minimum absolute atomic E-state index is 0.303. The van der Waals surface area contributed by atoms with Crippen molar-refractivity contribution in [3.05, 3.63) is 60.4 Å². The number of pyridine rings is 2. The zero-order chi connectivity index (χ0) is 14.2. The summed E-state index contributed by atoms with van der Waals surface area (Å²) in [6.07, 6.45) is -1.99. The van der Waals surface area contributed by atoms with Crippen LogP contribution in [0.15, 0.2) is 54.9 Å². The number of aromatic nitrogens is 2.